The molecule has 1 atom stereocenters. The fourth-order valence-electron chi connectivity index (χ4n) is 4.33. The van der Waals surface area contributed by atoms with Crippen LogP contribution < -0.4 is 5.32 Å². The number of nitrogens with one attached hydrogen (secondary N) is 3. The Morgan fingerprint density at radius 3 is 2.30 bits per heavy atom. The Morgan fingerprint density at radius 2 is 1.67 bits per heavy atom. The molecule has 1 fully saturated rings. The van der Waals surface area contributed by atoms with Gasteiger partial charge in [0.2, 0.25) is 12.3 Å². The van der Waals surface area contributed by atoms with E-state index in [4.69, 9.17) is 0 Å². The van der Waals surface area contributed by atoms with Crippen LogP contribution in [0.1, 0.15) is 24.7 Å². The largest absolute Gasteiger partial charge is 0.350 e. The Balaban J connectivity index is 1.30. The predicted molar refractivity (Wildman–Crippen MR) is 125 cm³/mol. The summed E-state index contributed by atoms with van der Waals surface area (Å²) in [5.41, 5.74) is 6.30. The van der Waals surface area contributed by atoms with Crippen molar-refractivity contribution in [2.75, 3.05) is 13.1 Å². The molecule has 0 unspecified atom stereocenters. The fourth-order valence-corrected chi connectivity index (χ4v) is 4.33. The molecule has 2 aromatic heterocycles. The van der Waals surface area contributed by atoms with E-state index in [1.807, 2.05) is 12.4 Å². The molecule has 33 heavy (non-hydrogen) atoms. The molecule has 2 amide bonds. The number of hydrogen-bond acceptors (Lipinski definition) is 4. The van der Waals surface area contributed by atoms with Gasteiger partial charge in [0.05, 0.1) is 42.7 Å². The highest BCUT2D eigenvalue weighted by Gasteiger charge is 2.31. The second-order valence-electron chi connectivity index (χ2n) is 8.05. The molecule has 0 spiro atoms. The summed E-state index contributed by atoms with van der Waals surface area (Å²) < 4.78 is 0. The summed E-state index contributed by atoms with van der Waals surface area (Å²) in [7, 11) is 0. The summed E-state index contributed by atoms with van der Waals surface area (Å²) in [6.07, 6.45) is 7.62. The van der Waals surface area contributed by atoms with Gasteiger partial charge >= 0.3 is 0 Å². The minimum Gasteiger partial charge on any atom is -0.350 e. The highest BCUT2D eigenvalue weighted by Crippen LogP contribution is 2.32. The molecule has 0 bridgehead atoms. The molecule has 166 valence electrons. The first-order valence-corrected chi connectivity index (χ1v) is 10.9. The van der Waals surface area contributed by atoms with Crippen molar-refractivity contribution in [3.63, 3.8) is 0 Å². The van der Waals surface area contributed by atoms with Crippen molar-refractivity contribution in [1.29, 1.82) is 0 Å². The number of hydrogen-bond donors (Lipinski definition) is 3. The first kappa shape index (κ1) is 20.7. The van der Waals surface area contributed by atoms with Gasteiger partial charge in [-0.25, -0.2) is 9.97 Å². The Labute approximate surface area is 191 Å². The van der Waals surface area contributed by atoms with Gasteiger partial charge < -0.3 is 20.2 Å². The number of carbonyl (C=O) groups is 2. The van der Waals surface area contributed by atoms with Crippen LogP contribution in [0, 0.1) is 0 Å². The topological polar surface area (TPSA) is 107 Å². The maximum Gasteiger partial charge on any atom is 0.242 e. The third-order valence-electron chi connectivity index (χ3n) is 6.04. The molecule has 0 saturated carbocycles. The van der Waals surface area contributed by atoms with E-state index in [0.717, 1.165) is 52.3 Å². The SMILES string of the molecule is O=CNCC(=O)N1CCC[C@H]1c1ncc(-c2ccc(-c3ccc(-c4cnc[nH]4)cc3)cc2)[nH]1. The molecule has 0 radical (unpaired) electrons. The van der Waals surface area contributed by atoms with Crippen molar-refractivity contribution in [3.05, 3.63) is 73.1 Å². The molecule has 3 N–H and O–H groups in total. The third-order valence-corrected chi connectivity index (χ3v) is 6.04. The lowest BCUT2D eigenvalue weighted by Crippen LogP contribution is -2.37. The highest BCUT2D eigenvalue weighted by molar-refractivity contribution is 5.80. The van der Waals surface area contributed by atoms with E-state index in [1.54, 1.807) is 11.2 Å². The maximum atomic E-state index is 12.4. The number of benzene rings is 2. The van der Waals surface area contributed by atoms with Crippen molar-refractivity contribution in [1.82, 2.24) is 30.2 Å². The van der Waals surface area contributed by atoms with Crippen LogP contribution in [0.15, 0.2) is 67.3 Å². The molecule has 3 heterocycles. The lowest BCUT2D eigenvalue weighted by atomic mass is 10.0. The molecule has 0 aliphatic carbocycles. The molecular formula is C25H24N6O2. The van der Waals surface area contributed by atoms with E-state index >= 15 is 0 Å². The summed E-state index contributed by atoms with van der Waals surface area (Å²) >= 11 is 0. The molecule has 8 nitrogen and oxygen atoms in total. The standard InChI is InChI=1S/C25H24N6O2/c32-16-27-14-24(33)31-11-1-2-23(31)25-28-13-22(30-25)20-9-5-18(6-10-20)17-3-7-19(8-4-17)21-12-26-15-29-21/h3-10,12-13,15-16,23H,1-2,11,14H2,(H,26,29)(H,27,32)(H,28,30)/t23-/m0/s1. The quantitative estimate of drug-likeness (QED) is 0.382. The number of nitrogens with zero attached hydrogens (tertiary/aromatic N) is 3. The summed E-state index contributed by atoms with van der Waals surface area (Å²) in [6.45, 7) is 0.686. The van der Waals surface area contributed by atoms with E-state index in [9.17, 15) is 9.59 Å². The Bertz CT molecular complexity index is 1230. The summed E-state index contributed by atoms with van der Waals surface area (Å²) in [4.78, 5) is 39.8. The molecule has 1 aliphatic heterocycles. The van der Waals surface area contributed by atoms with Gasteiger partial charge in [-0.15, -0.1) is 0 Å². The molecule has 5 rings (SSSR count). The van der Waals surface area contributed by atoms with Crippen LogP contribution in [0.25, 0.3) is 33.6 Å². The van der Waals surface area contributed by atoms with Crippen molar-refractivity contribution in [3.8, 4) is 33.6 Å². The first-order valence-electron chi connectivity index (χ1n) is 10.9. The summed E-state index contributed by atoms with van der Waals surface area (Å²) in [6, 6.07) is 16.6. The zero-order valence-electron chi connectivity index (χ0n) is 18.0. The smallest absolute Gasteiger partial charge is 0.242 e. The Kier molecular flexibility index (Phi) is 5.72. The normalized spacial score (nSPS) is 15.5. The Morgan fingerprint density at radius 1 is 1.00 bits per heavy atom. The van der Waals surface area contributed by atoms with Gasteiger partial charge in [-0.2, -0.15) is 0 Å². The number of likely N-dealkylation sites (tertiary alicyclic amines) is 1. The fraction of sp³-hybridized carbons (Fsp3) is 0.200. The summed E-state index contributed by atoms with van der Waals surface area (Å²) in [5.74, 6) is 0.686. The molecule has 8 heteroatoms. The van der Waals surface area contributed by atoms with Crippen LogP contribution in [0.3, 0.4) is 0 Å². The van der Waals surface area contributed by atoms with Crippen LogP contribution in [-0.2, 0) is 9.59 Å². The van der Waals surface area contributed by atoms with Crippen LogP contribution in [0.2, 0.25) is 0 Å². The van der Waals surface area contributed by atoms with Gasteiger partial charge in [0.25, 0.3) is 0 Å². The van der Waals surface area contributed by atoms with Crippen LogP contribution >= 0.6 is 0 Å². The van der Waals surface area contributed by atoms with Crippen LogP contribution in [0.4, 0.5) is 0 Å². The second kappa shape index (κ2) is 9.12. The maximum absolute atomic E-state index is 12.4. The molecule has 1 aliphatic rings. The van der Waals surface area contributed by atoms with Crippen molar-refractivity contribution >= 4 is 12.3 Å². The predicted octanol–water partition coefficient (Wildman–Crippen LogP) is 3.54. The minimum atomic E-state index is -0.0922. The average Bonchev–Trinajstić information content (AvgIpc) is 3.63. The lowest BCUT2D eigenvalue weighted by Gasteiger charge is -2.23. The van der Waals surface area contributed by atoms with Gasteiger partial charge in [0.1, 0.15) is 5.82 Å². The van der Waals surface area contributed by atoms with Crippen molar-refractivity contribution in [2.45, 2.75) is 18.9 Å². The van der Waals surface area contributed by atoms with Gasteiger partial charge in [0.15, 0.2) is 0 Å². The van der Waals surface area contributed by atoms with Crippen molar-refractivity contribution < 1.29 is 9.59 Å². The number of rotatable bonds is 7. The number of amides is 2. The number of carbonyl (C=O) groups excluding carboxylic acids is 2. The summed E-state index contributed by atoms with van der Waals surface area (Å²) in [5, 5.41) is 2.45. The highest BCUT2D eigenvalue weighted by atomic mass is 16.2. The van der Waals surface area contributed by atoms with E-state index in [0.29, 0.717) is 13.0 Å². The molecular weight excluding hydrogens is 416 g/mol. The number of aromatic nitrogens is 4. The second-order valence-corrected chi connectivity index (χ2v) is 8.05. The van der Waals surface area contributed by atoms with Gasteiger partial charge in [-0.3, -0.25) is 9.59 Å². The van der Waals surface area contributed by atoms with E-state index in [2.05, 4.69) is 73.8 Å². The van der Waals surface area contributed by atoms with E-state index in [1.165, 1.54) is 0 Å². The minimum absolute atomic E-state index is 0.0118. The molecule has 2 aromatic carbocycles. The van der Waals surface area contributed by atoms with Gasteiger partial charge in [-0.05, 0) is 35.1 Å². The average molecular weight is 441 g/mol. The van der Waals surface area contributed by atoms with Gasteiger partial charge in [0, 0.05) is 6.54 Å². The monoisotopic (exact) mass is 440 g/mol. The number of aromatic amines is 2. The van der Waals surface area contributed by atoms with Crippen LogP contribution in [0.5, 0.6) is 0 Å². The zero-order valence-corrected chi connectivity index (χ0v) is 18.0. The molecule has 4 aromatic rings. The first-order chi connectivity index (χ1) is 16.2. The third kappa shape index (κ3) is 4.27. The zero-order chi connectivity index (χ0) is 22.6. The van der Waals surface area contributed by atoms with Crippen molar-refractivity contribution in [2.24, 2.45) is 0 Å². The Hall–Kier alpha value is -4.20. The lowest BCUT2D eigenvalue weighted by molar-refractivity contribution is -0.132. The van der Waals surface area contributed by atoms with E-state index in [-0.39, 0.29) is 18.5 Å². The number of H-pyrrole nitrogens is 2. The molecule has 1 saturated heterocycles. The van der Waals surface area contributed by atoms with Gasteiger partial charge in [-0.1, -0.05) is 48.5 Å². The van der Waals surface area contributed by atoms with E-state index < -0.39 is 0 Å². The number of imidazole rings is 2. The van der Waals surface area contributed by atoms with Crippen LogP contribution in [-0.4, -0.2) is 50.2 Å².